The highest BCUT2D eigenvalue weighted by Crippen LogP contribution is 2.31. The molecule has 0 heterocycles. The van der Waals surface area contributed by atoms with E-state index in [9.17, 15) is 0 Å². The molecular formula is C24H36NO2P. The Balaban J connectivity index is 2.50. The molecule has 0 aliphatic carbocycles. The van der Waals surface area contributed by atoms with Crippen LogP contribution < -0.4 is 20.7 Å². The first kappa shape index (κ1) is 22.9. The number of rotatable bonds is 8. The predicted octanol–water partition coefficient (Wildman–Crippen LogP) is 4.71. The van der Waals surface area contributed by atoms with E-state index in [1.165, 1.54) is 32.9 Å². The molecule has 2 rings (SSSR count). The Morgan fingerprint density at radius 3 is 2.39 bits per heavy atom. The fourth-order valence-corrected chi connectivity index (χ4v) is 4.61. The highest BCUT2D eigenvalue weighted by Gasteiger charge is 2.20. The van der Waals surface area contributed by atoms with Gasteiger partial charge in [0.15, 0.2) is 6.79 Å². The van der Waals surface area contributed by atoms with Crippen LogP contribution in [0.1, 0.15) is 56.9 Å². The molecule has 2 aromatic carbocycles. The fraction of sp³-hybridized carbons (Fsp3) is 0.500. The molecule has 1 atom stereocenters. The third-order valence-electron chi connectivity index (χ3n) is 4.78. The molecule has 0 aliphatic rings. The molecule has 1 N–H and O–H groups in total. The van der Waals surface area contributed by atoms with Gasteiger partial charge in [0, 0.05) is 25.0 Å². The maximum atomic E-state index is 6.00. The summed E-state index contributed by atoms with van der Waals surface area (Å²) in [7, 11) is 2.20. The average Bonchev–Trinajstić information content (AvgIpc) is 2.60. The van der Waals surface area contributed by atoms with E-state index in [0.29, 0.717) is 14.6 Å². The predicted molar refractivity (Wildman–Crippen MR) is 123 cm³/mol. The van der Waals surface area contributed by atoms with Crippen LogP contribution in [0.4, 0.5) is 0 Å². The lowest BCUT2D eigenvalue weighted by atomic mass is 9.86. The van der Waals surface area contributed by atoms with Gasteiger partial charge < -0.3 is 14.8 Å². The largest absolute Gasteiger partial charge is 0.467 e. The van der Waals surface area contributed by atoms with Crippen molar-refractivity contribution in [2.24, 2.45) is 0 Å². The molecule has 28 heavy (non-hydrogen) atoms. The maximum absolute atomic E-state index is 6.00. The van der Waals surface area contributed by atoms with Crippen LogP contribution in [-0.4, -0.2) is 19.9 Å². The monoisotopic (exact) mass is 401 g/mol. The smallest absolute Gasteiger partial charge is 0.188 e. The van der Waals surface area contributed by atoms with Gasteiger partial charge in [-0.15, -0.1) is 0 Å². The fourth-order valence-electron chi connectivity index (χ4n) is 3.11. The standard InChI is InChI=1S/C24H36NO2P/c1-16(2)25-14-19-11-9-10-17(3)23(19)28-21-13-20(24(5,6)7)12-18(4)22(21)27-15-26-8/h9-13,16,25,28H,14-15H2,1-8H3. The zero-order chi connectivity index (χ0) is 20.9. The van der Waals surface area contributed by atoms with E-state index in [1.54, 1.807) is 7.11 Å². The molecular weight excluding hydrogens is 365 g/mol. The van der Waals surface area contributed by atoms with Crippen molar-refractivity contribution >= 4 is 19.2 Å². The molecule has 0 fully saturated rings. The van der Waals surface area contributed by atoms with E-state index < -0.39 is 0 Å². The molecule has 0 radical (unpaired) electrons. The number of methoxy groups -OCH3 is 1. The van der Waals surface area contributed by atoms with Crippen molar-refractivity contribution in [2.45, 2.75) is 66.5 Å². The Kier molecular flexibility index (Phi) is 8.07. The van der Waals surface area contributed by atoms with Gasteiger partial charge in [-0.05, 0) is 52.9 Å². The summed E-state index contributed by atoms with van der Waals surface area (Å²) < 4.78 is 11.2. The summed E-state index contributed by atoms with van der Waals surface area (Å²) in [5.74, 6) is 0.958. The second-order valence-corrected chi connectivity index (χ2v) is 10.0. The molecule has 2 aromatic rings. The summed E-state index contributed by atoms with van der Waals surface area (Å²) in [6.45, 7) is 16.6. The number of ether oxygens (including phenoxy) is 2. The van der Waals surface area contributed by atoms with Crippen molar-refractivity contribution < 1.29 is 9.47 Å². The zero-order valence-corrected chi connectivity index (χ0v) is 19.7. The van der Waals surface area contributed by atoms with Crippen molar-refractivity contribution in [3.8, 4) is 5.75 Å². The normalized spacial score (nSPS) is 12.3. The van der Waals surface area contributed by atoms with E-state index in [2.05, 4.69) is 84.1 Å². The third kappa shape index (κ3) is 6.04. The number of aryl methyl sites for hydroxylation is 2. The molecule has 154 valence electrons. The highest BCUT2D eigenvalue weighted by molar-refractivity contribution is 7.56. The van der Waals surface area contributed by atoms with Crippen LogP contribution in [0, 0.1) is 13.8 Å². The number of hydrogen-bond donors (Lipinski definition) is 1. The second kappa shape index (κ2) is 9.87. The Labute approximate surface area is 173 Å². The first-order valence-electron chi connectivity index (χ1n) is 9.99. The molecule has 0 bridgehead atoms. The van der Waals surface area contributed by atoms with Gasteiger partial charge in [-0.3, -0.25) is 0 Å². The van der Waals surface area contributed by atoms with Crippen LogP contribution in [0.2, 0.25) is 0 Å². The molecule has 4 heteroatoms. The number of nitrogens with one attached hydrogen (secondary N) is 1. The number of benzene rings is 2. The minimum absolute atomic E-state index is 0.0948. The van der Waals surface area contributed by atoms with Gasteiger partial charge in [0.25, 0.3) is 0 Å². The van der Waals surface area contributed by atoms with Crippen LogP contribution in [0.5, 0.6) is 5.75 Å². The van der Waals surface area contributed by atoms with Crippen molar-refractivity contribution in [1.82, 2.24) is 5.32 Å². The lowest BCUT2D eigenvalue weighted by Crippen LogP contribution is -2.26. The lowest BCUT2D eigenvalue weighted by molar-refractivity contribution is 0.0514. The molecule has 0 amide bonds. The minimum atomic E-state index is 0.0948. The quantitative estimate of drug-likeness (QED) is 0.513. The van der Waals surface area contributed by atoms with Gasteiger partial charge in [-0.2, -0.15) is 0 Å². The van der Waals surface area contributed by atoms with Crippen molar-refractivity contribution in [3.05, 3.63) is 52.6 Å². The molecule has 1 unspecified atom stereocenters. The summed E-state index contributed by atoms with van der Waals surface area (Å²) in [6.07, 6.45) is 0. The van der Waals surface area contributed by atoms with Gasteiger partial charge in [-0.25, -0.2) is 0 Å². The van der Waals surface area contributed by atoms with Crippen LogP contribution in [0.15, 0.2) is 30.3 Å². The Morgan fingerprint density at radius 2 is 1.79 bits per heavy atom. The second-order valence-electron chi connectivity index (χ2n) is 8.74. The summed E-state index contributed by atoms with van der Waals surface area (Å²) in [4.78, 5) is 0. The van der Waals surface area contributed by atoms with Gasteiger partial charge >= 0.3 is 0 Å². The maximum Gasteiger partial charge on any atom is 0.188 e. The molecule has 0 saturated carbocycles. The van der Waals surface area contributed by atoms with E-state index in [-0.39, 0.29) is 12.2 Å². The summed E-state index contributed by atoms with van der Waals surface area (Å²) in [6, 6.07) is 11.6. The summed E-state index contributed by atoms with van der Waals surface area (Å²) in [5.41, 5.74) is 5.30. The molecule has 0 aliphatic heterocycles. The summed E-state index contributed by atoms with van der Waals surface area (Å²) >= 11 is 0. The molecule has 0 aromatic heterocycles. The van der Waals surface area contributed by atoms with Gasteiger partial charge in [0.2, 0.25) is 0 Å². The zero-order valence-electron chi connectivity index (χ0n) is 18.7. The Bertz CT molecular complexity index is 794. The Morgan fingerprint density at radius 1 is 1.07 bits per heavy atom. The van der Waals surface area contributed by atoms with E-state index in [1.807, 2.05) is 0 Å². The van der Waals surface area contributed by atoms with E-state index >= 15 is 0 Å². The summed E-state index contributed by atoms with van der Waals surface area (Å²) in [5, 5.41) is 6.22. The van der Waals surface area contributed by atoms with Crippen LogP contribution >= 0.6 is 8.58 Å². The molecule has 0 saturated heterocycles. The van der Waals surface area contributed by atoms with E-state index in [0.717, 1.165) is 12.3 Å². The van der Waals surface area contributed by atoms with Crippen molar-refractivity contribution in [3.63, 3.8) is 0 Å². The highest BCUT2D eigenvalue weighted by atomic mass is 31.1. The van der Waals surface area contributed by atoms with Crippen LogP contribution in [-0.2, 0) is 16.7 Å². The topological polar surface area (TPSA) is 30.5 Å². The minimum Gasteiger partial charge on any atom is -0.467 e. The van der Waals surface area contributed by atoms with Gasteiger partial charge in [0.05, 0.1) is 0 Å². The van der Waals surface area contributed by atoms with Crippen LogP contribution in [0.3, 0.4) is 0 Å². The first-order chi connectivity index (χ1) is 13.1. The molecule has 0 spiro atoms. The third-order valence-corrected chi connectivity index (χ3v) is 6.39. The van der Waals surface area contributed by atoms with E-state index in [4.69, 9.17) is 9.47 Å². The van der Waals surface area contributed by atoms with Crippen molar-refractivity contribution in [2.75, 3.05) is 13.9 Å². The first-order valence-corrected chi connectivity index (χ1v) is 11.0. The van der Waals surface area contributed by atoms with Gasteiger partial charge in [-0.1, -0.05) is 67.5 Å². The van der Waals surface area contributed by atoms with Crippen LogP contribution in [0.25, 0.3) is 0 Å². The lowest BCUT2D eigenvalue weighted by Gasteiger charge is -2.24. The average molecular weight is 402 g/mol. The Hall–Kier alpha value is -1.41. The number of hydrogen-bond acceptors (Lipinski definition) is 3. The van der Waals surface area contributed by atoms with Gasteiger partial charge in [0.1, 0.15) is 5.75 Å². The molecule has 3 nitrogen and oxygen atoms in total. The van der Waals surface area contributed by atoms with Crippen molar-refractivity contribution in [1.29, 1.82) is 0 Å². The SMILES string of the molecule is COCOc1c(C)cc(C(C)(C)C)cc1Pc1c(C)cccc1CNC(C)C.